The number of anilines is 1. The van der Waals surface area contributed by atoms with Gasteiger partial charge in [0.15, 0.2) is 11.3 Å². The van der Waals surface area contributed by atoms with Crippen molar-refractivity contribution in [2.24, 2.45) is 0 Å². The molecule has 0 unspecified atom stereocenters. The third kappa shape index (κ3) is 4.38. The fourth-order valence-electron chi connectivity index (χ4n) is 5.11. The average Bonchev–Trinajstić information content (AvgIpc) is 3.26. The highest BCUT2D eigenvalue weighted by Gasteiger charge is 2.32. The lowest BCUT2D eigenvalue weighted by atomic mass is 9.81. The van der Waals surface area contributed by atoms with Crippen LogP contribution in [0, 0.1) is 0 Å². The molecule has 4 aromatic rings. The van der Waals surface area contributed by atoms with E-state index in [-0.39, 0.29) is 22.9 Å². The van der Waals surface area contributed by atoms with Gasteiger partial charge in [0, 0.05) is 24.7 Å². The third-order valence-electron chi connectivity index (χ3n) is 7.35. The van der Waals surface area contributed by atoms with Crippen molar-refractivity contribution < 1.29 is 27.8 Å². The maximum absolute atomic E-state index is 13.5. The molecule has 0 bridgehead atoms. The van der Waals surface area contributed by atoms with Crippen LogP contribution < -0.4 is 4.90 Å². The van der Waals surface area contributed by atoms with Gasteiger partial charge >= 0.3 is 12.1 Å². The van der Waals surface area contributed by atoms with Crippen LogP contribution in [0.5, 0.6) is 0 Å². The number of benzene rings is 2. The first-order chi connectivity index (χ1) is 18.3. The maximum Gasteiger partial charge on any atom is 0.416 e. The molecule has 2 aliphatic rings. The fourth-order valence-corrected chi connectivity index (χ4v) is 5.11. The lowest BCUT2D eigenvalue weighted by molar-refractivity contribution is -0.137. The summed E-state index contributed by atoms with van der Waals surface area (Å²) in [5, 5.41) is 15.3. The number of carboxylic acid groups (broad SMARTS) is 1. The van der Waals surface area contributed by atoms with Gasteiger partial charge in [-0.2, -0.15) is 18.3 Å². The predicted molar refractivity (Wildman–Crippen MR) is 136 cm³/mol. The zero-order chi connectivity index (χ0) is 26.4. The summed E-state index contributed by atoms with van der Waals surface area (Å²) >= 11 is 0. The van der Waals surface area contributed by atoms with Crippen LogP contribution in [0.2, 0.25) is 0 Å². The fraction of sp³-hybridized carbons (Fsp3) is 0.321. The molecular formula is C28H25F3N4O3. The topological polar surface area (TPSA) is 80.5 Å². The minimum atomic E-state index is -4.52. The second kappa shape index (κ2) is 9.43. The summed E-state index contributed by atoms with van der Waals surface area (Å²) in [4.78, 5) is 18.7. The van der Waals surface area contributed by atoms with E-state index in [0.29, 0.717) is 24.2 Å². The molecule has 1 saturated heterocycles. The first kappa shape index (κ1) is 24.4. The minimum Gasteiger partial charge on any atom is -0.477 e. The number of aromatic carboxylic acids is 1. The van der Waals surface area contributed by atoms with Crippen molar-refractivity contribution in [1.82, 2.24) is 14.8 Å². The number of carboxylic acids is 1. The van der Waals surface area contributed by atoms with Gasteiger partial charge in [-0.15, -0.1) is 0 Å². The first-order valence-corrected chi connectivity index (χ1v) is 12.6. The van der Waals surface area contributed by atoms with Crippen molar-refractivity contribution in [3.63, 3.8) is 0 Å². The van der Waals surface area contributed by atoms with E-state index in [9.17, 15) is 23.1 Å². The quantitative estimate of drug-likeness (QED) is 0.351. The Hall–Kier alpha value is -3.92. The Bertz CT molecular complexity index is 1500. The summed E-state index contributed by atoms with van der Waals surface area (Å²) in [6.45, 7) is 2.90. The normalized spacial score (nSPS) is 16.6. The Morgan fingerprint density at radius 1 is 1.00 bits per heavy atom. The lowest BCUT2D eigenvalue weighted by Gasteiger charge is -2.29. The van der Waals surface area contributed by atoms with Crippen molar-refractivity contribution >= 4 is 22.7 Å². The molecule has 1 aliphatic heterocycles. The summed E-state index contributed by atoms with van der Waals surface area (Å²) in [6.07, 6.45) is -1.68. The summed E-state index contributed by atoms with van der Waals surface area (Å²) in [5.41, 5.74) is 2.63. The highest BCUT2D eigenvalue weighted by molar-refractivity contribution is 6.00. The Labute approximate surface area is 216 Å². The van der Waals surface area contributed by atoms with E-state index in [0.717, 1.165) is 61.4 Å². The molecule has 0 amide bonds. The van der Waals surface area contributed by atoms with Crippen LogP contribution in [-0.2, 0) is 10.9 Å². The highest BCUT2D eigenvalue weighted by atomic mass is 19.4. The predicted octanol–water partition coefficient (Wildman–Crippen LogP) is 5.91. The summed E-state index contributed by atoms with van der Waals surface area (Å²) in [6, 6.07) is 14.3. The van der Waals surface area contributed by atoms with Crippen LogP contribution in [-0.4, -0.2) is 52.1 Å². The van der Waals surface area contributed by atoms with Crippen LogP contribution >= 0.6 is 0 Å². The average molecular weight is 523 g/mol. The van der Waals surface area contributed by atoms with Gasteiger partial charge in [0.05, 0.1) is 35.5 Å². The van der Waals surface area contributed by atoms with E-state index < -0.39 is 17.7 Å². The van der Waals surface area contributed by atoms with Crippen molar-refractivity contribution in [2.75, 3.05) is 31.2 Å². The Kier molecular flexibility index (Phi) is 6.06. The molecule has 0 spiro atoms. The molecule has 2 aromatic carbocycles. The van der Waals surface area contributed by atoms with Crippen LogP contribution in [0.25, 0.3) is 27.8 Å². The number of halogens is 3. The van der Waals surface area contributed by atoms with Crippen LogP contribution in [0.3, 0.4) is 0 Å². The Morgan fingerprint density at radius 3 is 2.37 bits per heavy atom. The molecule has 196 valence electrons. The van der Waals surface area contributed by atoms with Gasteiger partial charge in [-0.25, -0.2) is 14.5 Å². The minimum absolute atomic E-state index is 0.133. The summed E-state index contributed by atoms with van der Waals surface area (Å²) < 4.78 is 47.2. The van der Waals surface area contributed by atoms with Gasteiger partial charge in [-0.1, -0.05) is 24.6 Å². The van der Waals surface area contributed by atoms with Gasteiger partial charge in [-0.05, 0) is 60.4 Å². The van der Waals surface area contributed by atoms with Gasteiger partial charge < -0.3 is 14.7 Å². The number of carbonyl (C=O) groups is 1. The highest BCUT2D eigenvalue weighted by Crippen LogP contribution is 2.43. The van der Waals surface area contributed by atoms with Crippen LogP contribution in [0.4, 0.5) is 18.9 Å². The molecule has 1 aliphatic carbocycles. The number of hydrogen-bond acceptors (Lipinski definition) is 5. The largest absolute Gasteiger partial charge is 0.477 e. The molecule has 3 heterocycles. The maximum atomic E-state index is 13.5. The molecule has 38 heavy (non-hydrogen) atoms. The van der Waals surface area contributed by atoms with Gasteiger partial charge in [0.25, 0.3) is 0 Å². The number of alkyl halides is 3. The van der Waals surface area contributed by atoms with Gasteiger partial charge in [0.2, 0.25) is 0 Å². The smallest absolute Gasteiger partial charge is 0.416 e. The van der Waals surface area contributed by atoms with Gasteiger partial charge in [-0.3, -0.25) is 0 Å². The standard InChI is InChI=1S/C28H25F3N4O3/c29-28(30,31)19-5-2-6-21(15-19)35-26-24(25(33-35)18-3-1-4-18)22(16-23(32-26)27(36)37)17-7-9-20(10-8-17)34-11-13-38-14-12-34/h2,5-10,15-16,18H,1,3-4,11-14H2,(H,36,37). The number of pyridine rings is 1. The van der Waals surface area contributed by atoms with E-state index >= 15 is 0 Å². The summed E-state index contributed by atoms with van der Waals surface area (Å²) in [5.74, 6) is -1.09. The molecular weight excluding hydrogens is 497 g/mol. The molecule has 10 heteroatoms. The molecule has 1 N–H and O–H groups in total. The monoisotopic (exact) mass is 522 g/mol. The van der Waals surface area contributed by atoms with Crippen LogP contribution in [0.1, 0.15) is 46.9 Å². The number of hydrogen-bond donors (Lipinski definition) is 1. The second-order valence-corrected chi connectivity index (χ2v) is 9.68. The molecule has 0 atom stereocenters. The van der Waals surface area contributed by atoms with E-state index in [1.807, 2.05) is 24.3 Å². The van der Waals surface area contributed by atoms with Crippen LogP contribution in [0.15, 0.2) is 54.6 Å². The van der Waals surface area contributed by atoms with Crippen molar-refractivity contribution in [3.8, 4) is 16.8 Å². The number of nitrogens with zero attached hydrogens (tertiary/aromatic N) is 4. The number of aromatic nitrogens is 3. The first-order valence-electron chi connectivity index (χ1n) is 12.6. The molecule has 1 saturated carbocycles. The Balaban J connectivity index is 1.54. The van der Waals surface area contributed by atoms with E-state index in [1.54, 1.807) is 0 Å². The second-order valence-electron chi connectivity index (χ2n) is 9.68. The zero-order valence-electron chi connectivity index (χ0n) is 20.4. The Morgan fingerprint density at radius 2 is 1.74 bits per heavy atom. The van der Waals surface area contributed by atoms with Crippen molar-refractivity contribution in [1.29, 1.82) is 0 Å². The lowest BCUT2D eigenvalue weighted by Crippen LogP contribution is -2.36. The zero-order valence-corrected chi connectivity index (χ0v) is 20.4. The molecule has 2 aromatic heterocycles. The number of rotatable bonds is 5. The molecule has 0 radical (unpaired) electrons. The third-order valence-corrected chi connectivity index (χ3v) is 7.35. The molecule has 2 fully saturated rings. The van der Waals surface area contributed by atoms with Gasteiger partial charge in [0.1, 0.15) is 0 Å². The van der Waals surface area contributed by atoms with E-state index in [4.69, 9.17) is 9.84 Å². The van der Waals surface area contributed by atoms with E-state index in [2.05, 4.69) is 9.88 Å². The van der Waals surface area contributed by atoms with Crippen molar-refractivity contribution in [2.45, 2.75) is 31.4 Å². The SMILES string of the molecule is O=C(O)c1cc(-c2ccc(N3CCOCC3)cc2)c2c(C3CCC3)nn(-c3cccc(C(F)(F)F)c3)c2n1. The van der Waals surface area contributed by atoms with E-state index in [1.165, 1.54) is 22.9 Å². The number of fused-ring (bicyclic) bond motifs is 1. The number of morpholine rings is 1. The number of ether oxygens (including phenoxy) is 1. The molecule has 6 rings (SSSR count). The van der Waals surface area contributed by atoms with Crippen molar-refractivity contribution in [3.05, 3.63) is 71.5 Å². The summed E-state index contributed by atoms with van der Waals surface area (Å²) in [7, 11) is 0. The molecule has 7 nitrogen and oxygen atoms in total.